The van der Waals surface area contributed by atoms with Crippen molar-refractivity contribution in [2.45, 2.75) is 19.9 Å². The maximum Gasteiger partial charge on any atom is 0.295 e. The Labute approximate surface area is 203 Å². The van der Waals surface area contributed by atoms with E-state index in [0.717, 1.165) is 11.1 Å². The largest absolute Gasteiger partial charge is 0.493 e. The van der Waals surface area contributed by atoms with Crippen molar-refractivity contribution in [1.29, 1.82) is 0 Å². The Hall–Kier alpha value is -4.32. The maximum absolute atomic E-state index is 13.8. The lowest BCUT2D eigenvalue weighted by Crippen LogP contribution is -2.29. The van der Waals surface area contributed by atoms with Crippen molar-refractivity contribution < 1.29 is 18.7 Å². The molecule has 1 atom stereocenters. The van der Waals surface area contributed by atoms with Crippen molar-refractivity contribution in [3.05, 3.63) is 112 Å². The molecule has 1 aliphatic rings. The molecule has 0 bridgehead atoms. The maximum atomic E-state index is 13.8. The number of benzene rings is 3. The average molecular weight is 468 g/mol. The lowest BCUT2D eigenvalue weighted by atomic mass is 9.97. The lowest BCUT2D eigenvalue weighted by molar-refractivity contribution is 0.0971. The van der Waals surface area contributed by atoms with E-state index in [1.165, 1.54) is 0 Å². The average Bonchev–Trinajstić information content (AvgIpc) is 3.16. The summed E-state index contributed by atoms with van der Waals surface area (Å²) in [6.45, 7) is 7.90. The highest BCUT2D eigenvalue weighted by Gasteiger charge is 2.44. The first-order chi connectivity index (χ1) is 16.9. The van der Waals surface area contributed by atoms with E-state index in [2.05, 4.69) is 6.58 Å². The third kappa shape index (κ3) is 3.77. The van der Waals surface area contributed by atoms with Gasteiger partial charge in [0.2, 0.25) is 5.76 Å². The molecular weight excluding hydrogens is 442 g/mol. The van der Waals surface area contributed by atoms with Gasteiger partial charge in [0.1, 0.15) is 12.2 Å². The zero-order valence-corrected chi connectivity index (χ0v) is 19.8. The van der Waals surface area contributed by atoms with Crippen molar-refractivity contribution >= 4 is 22.6 Å². The van der Waals surface area contributed by atoms with Crippen molar-refractivity contribution in [2.75, 3.05) is 18.6 Å². The molecule has 2 heterocycles. The summed E-state index contributed by atoms with van der Waals surface area (Å²) in [5.74, 6) is 0.737. The summed E-state index contributed by atoms with van der Waals surface area (Å²) in [6.07, 6.45) is 1.65. The third-order valence-electron chi connectivity index (χ3n) is 6.20. The van der Waals surface area contributed by atoms with Gasteiger partial charge in [-0.3, -0.25) is 14.5 Å². The van der Waals surface area contributed by atoms with Crippen LogP contribution in [0.2, 0.25) is 0 Å². The van der Waals surface area contributed by atoms with Crippen molar-refractivity contribution in [3.8, 4) is 11.5 Å². The zero-order valence-electron chi connectivity index (χ0n) is 19.8. The predicted molar refractivity (Wildman–Crippen MR) is 136 cm³/mol. The second-order valence-electron chi connectivity index (χ2n) is 8.60. The Kier molecular flexibility index (Phi) is 5.65. The highest BCUT2D eigenvalue weighted by atomic mass is 16.5. The Morgan fingerprint density at radius 1 is 0.971 bits per heavy atom. The highest BCUT2D eigenvalue weighted by Crippen LogP contribution is 2.43. The highest BCUT2D eigenvalue weighted by molar-refractivity contribution is 6.10. The SMILES string of the molecule is C=CCOc1ccc(C2c3c(oc4ccc(C)cc4c3=O)C(=O)N2c2ccc(C)cc2)cc1OC. The molecule has 1 aromatic heterocycles. The summed E-state index contributed by atoms with van der Waals surface area (Å²) >= 11 is 0. The molecule has 3 aromatic carbocycles. The van der Waals surface area contributed by atoms with Gasteiger partial charge in [0, 0.05) is 5.69 Å². The molecule has 0 fully saturated rings. The summed E-state index contributed by atoms with van der Waals surface area (Å²) in [5.41, 5.74) is 3.87. The Bertz CT molecular complexity index is 1520. The minimum Gasteiger partial charge on any atom is -0.493 e. The monoisotopic (exact) mass is 467 g/mol. The predicted octanol–water partition coefficient (Wildman–Crippen LogP) is 5.73. The first-order valence-corrected chi connectivity index (χ1v) is 11.3. The Morgan fingerprint density at radius 3 is 2.43 bits per heavy atom. The fourth-order valence-electron chi connectivity index (χ4n) is 4.50. The fourth-order valence-corrected chi connectivity index (χ4v) is 4.50. The number of aryl methyl sites for hydroxylation is 2. The lowest BCUT2D eigenvalue weighted by Gasteiger charge is -2.26. The van der Waals surface area contributed by atoms with Crippen LogP contribution >= 0.6 is 0 Å². The summed E-state index contributed by atoms with van der Waals surface area (Å²) in [6, 6.07) is 17.7. The van der Waals surface area contributed by atoms with Gasteiger partial charge in [-0.15, -0.1) is 0 Å². The number of amides is 1. The van der Waals surface area contributed by atoms with Gasteiger partial charge >= 0.3 is 0 Å². The van der Waals surface area contributed by atoms with Gasteiger partial charge in [-0.25, -0.2) is 0 Å². The molecule has 5 rings (SSSR count). The smallest absolute Gasteiger partial charge is 0.295 e. The van der Waals surface area contributed by atoms with Crippen LogP contribution in [0.1, 0.15) is 38.9 Å². The third-order valence-corrected chi connectivity index (χ3v) is 6.20. The zero-order chi connectivity index (χ0) is 24.7. The van der Waals surface area contributed by atoms with Crippen molar-refractivity contribution in [3.63, 3.8) is 0 Å². The van der Waals surface area contributed by atoms with Crippen LogP contribution in [-0.2, 0) is 0 Å². The number of hydrogen-bond acceptors (Lipinski definition) is 5. The molecule has 0 saturated heterocycles. The van der Waals surface area contributed by atoms with Crippen LogP contribution in [0.5, 0.6) is 11.5 Å². The second kappa shape index (κ2) is 8.80. The topological polar surface area (TPSA) is 69.0 Å². The molecule has 1 unspecified atom stereocenters. The van der Waals surface area contributed by atoms with E-state index < -0.39 is 6.04 Å². The van der Waals surface area contributed by atoms with Crippen LogP contribution < -0.4 is 19.8 Å². The number of rotatable bonds is 6. The molecule has 1 aliphatic heterocycles. The van der Waals surface area contributed by atoms with Gasteiger partial charge in [-0.1, -0.05) is 48.0 Å². The first kappa shape index (κ1) is 22.5. The summed E-state index contributed by atoms with van der Waals surface area (Å²) < 4.78 is 17.3. The number of ether oxygens (including phenoxy) is 2. The summed E-state index contributed by atoms with van der Waals surface area (Å²) in [5, 5.41) is 0.449. The Balaban J connectivity index is 1.76. The molecule has 6 heteroatoms. The van der Waals surface area contributed by atoms with E-state index in [1.807, 2.05) is 50.2 Å². The van der Waals surface area contributed by atoms with E-state index in [9.17, 15) is 9.59 Å². The quantitative estimate of drug-likeness (QED) is 0.339. The molecule has 4 aromatic rings. The van der Waals surface area contributed by atoms with Gasteiger partial charge < -0.3 is 13.9 Å². The molecule has 0 saturated carbocycles. The molecule has 1 amide bonds. The van der Waals surface area contributed by atoms with Crippen molar-refractivity contribution in [2.24, 2.45) is 0 Å². The second-order valence-corrected chi connectivity index (χ2v) is 8.60. The van der Waals surface area contributed by atoms with Crippen LogP contribution in [0.3, 0.4) is 0 Å². The van der Waals surface area contributed by atoms with E-state index in [0.29, 0.717) is 45.9 Å². The minimum absolute atomic E-state index is 0.0582. The Morgan fingerprint density at radius 2 is 1.71 bits per heavy atom. The molecule has 6 nitrogen and oxygen atoms in total. The van der Waals surface area contributed by atoms with Gasteiger partial charge in [0.15, 0.2) is 16.9 Å². The molecule has 0 N–H and O–H groups in total. The standard InChI is InChI=1S/C29H25NO5/c1-5-14-34-23-13-9-19(16-24(23)33-4)26-25-27(31)21-15-18(3)8-12-22(21)35-28(25)29(32)30(26)20-10-6-17(2)7-11-20/h5-13,15-16,26H,1,14H2,2-4H3. The van der Waals surface area contributed by atoms with Gasteiger partial charge in [0.25, 0.3) is 5.91 Å². The van der Waals surface area contributed by atoms with Gasteiger partial charge in [0.05, 0.1) is 24.1 Å². The van der Waals surface area contributed by atoms with Crippen LogP contribution in [0.25, 0.3) is 11.0 Å². The van der Waals surface area contributed by atoms with Crippen LogP contribution in [0.15, 0.2) is 82.5 Å². The van der Waals surface area contributed by atoms with E-state index >= 15 is 0 Å². The number of nitrogens with zero attached hydrogens (tertiary/aromatic N) is 1. The molecular formula is C29H25NO5. The minimum atomic E-state index is -0.691. The van der Waals surface area contributed by atoms with Crippen LogP contribution in [-0.4, -0.2) is 19.6 Å². The first-order valence-electron chi connectivity index (χ1n) is 11.3. The van der Waals surface area contributed by atoms with Crippen molar-refractivity contribution in [1.82, 2.24) is 0 Å². The van der Waals surface area contributed by atoms with Crippen LogP contribution in [0, 0.1) is 13.8 Å². The number of methoxy groups -OCH3 is 1. The fraction of sp³-hybridized carbons (Fsp3) is 0.172. The number of anilines is 1. The molecule has 0 aliphatic carbocycles. The normalized spacial score (nSPS) is 14.8. The van der Waals surface area contributed by atoms with Gasteiger partial charge in [-0.05, 0) is 55.8 Å². The van der Waals surface area contributed by atoms with E-state index in [4.69, 9.17) is 13.9 Å². The number of fused-ring (bicyclic) bond motifs is 2. The van der Waals surface area contributed by atoms with E-state index in [1.54, 1.807) is 42.4 Å². The number of carbonyl (C=O) groups is 1. The molecule has 0 radical (unpaired) electrons. The van der Waals surface area contributed by atoms with Crippen LogP contribution in [0.4, 0.5) is 5.69 Å². The van der Waals surface area contributed by atoms with Gasteiger partial charge in [-0.2, -0.15) is 0 Å². The molecule has 176 valence electrons. The number of hydrogen-bond donors (Lipinski definition) is 0. The summed E-state index contributed by atoms with van der Waals surface area (Å²) in [4.78, 5) is 29.1. The molecule has 0 spiro atoms. The number of carbonyl (C=O) groups excluding carboxylic acids is 1. The summed E-state index contributed by atoms with van der Waals surface area (Å²) in [7, 11) is 1.55. The van der Waals surface area contributed by atoms with E-state index in [-0.39, 0.29) is 17.1 Å². The molecule has 35 heavy (non-hydrogen) atoms.